The molecular formula is C14H18F2N2. The molecule has 1 aromatic rings. The van der Waals surface area contributed by atoms with Crippen LogP contribution in [0.4, 0.5) is 14.5 Å². The summed E-state index contributed by atoms with van der Waals surface area (Å²) in [5.41, 5.74) is 0.545. The van der Waals surface area contributed by atoms with E-state index in [1.165, 1.54) is 12.1 Å². The monoisotopic (exact) mass is 252 g/mol. The molecule has 3 atom stereocenters. The first-order valence-electron chi connectivity index (χ1n) is 6.58. The van der Waals surface area contributed by atoms with E-state index in [4.69, 9.17) is 0 Å². The molecule has 2 aliphatic rings. The van der Waals surface area contributed by atoms with Gasteiger partial charge < -0.3 is 10.2 Å². The zero-order valence-electron chi connectivity index (χ0n) is 10.5. The Morgan fingerprint density at radius 1 is 1.22 bits per heavy atom. The standard InChI is InChI=1S/C14H18F2N2/c1-9-2-3-11(15)14(13(9)16)17-12-5-7-18-6-4-10(12)8-18/h2-3,10,12,17H,4-8H2,1H3. The van der Waals surface area contributed by atoms with Gasteiger partial charge in [-0.3, -0.25) is 0 Å². The molecule has 0 amide bonds. The van der Waals surface area contributed by atoms with Crippen molar-refractivity contribution in [2.75, 3.05) is 25.0 Å². The maximum Gasteiger partial charge on any atom is 0.152 e. The average Bonchev–Trinajstić information content (AvgIpc) is 2.75. The fourth-order valence-corrected chi connectivity index (χ4v) is 3.12. The van der Waals surface area contributed by atoms with Gasteiger partial charge in [0.05, 0.1) is 0 Å². The first-order valence-corrected chi connectivity index (χ1v) is 6.58. The number of nitrogens with zero attached hydrogens (tertiary/aromatic N) is 1. The number of halogens is 2. The largest absolute Gasteiger partial charge is 0.377 e. The van der Waals surface area contributed by atoms with Crippen LogP contribution in [0.2, 0.25) is 0 Å². The van der Waals surface area contributed by atoms with E-state index in [1.807, 2.05) is 0 Å². The average molecular weight is 252 g/mol. The Morgan fingerprint density at radius 3 is 2.83 bits per heavy atom. The first kappa shape index (κ1) is 11.9. The van der Waals surface area contributed by atoms with Crippen molar-refractivity contribution >= 4 is 5.69 Å². The number of anilines is 1. The molecule has 2 bridgehead atoms. The zero-order valence-corrected chi connectivity index (χ0v) is 10.5. The van der Waals surface area contributed by atoms with E-state index in [-0.39, 0.29) is 11.7 Å². The quantitative estimate of drug-likeness (QED) is 0.870. The molecule has 0 saturated carbocycles. The summed E-state index contributed by atoms with van der Waals surface area (Å²) in [7, 11) is 0. The third-order valence-electron chi connectivity index (χ3n) is 4.25. The lowest BCUT2D eigenvalue weighted by Crippen LogP contribution is -2.40. The summed E-state index contributed by atoms with van der Waals surface area (Å²) in [6.45, 7) is 4.88. The van der Waals surface area contributed by atoms with Gasteiger partial charge in [0, 0.05) is 19.1 Å². The van der Waals surface area contributed by atoms with E-state index < -0.39 is 11.6 Å². The number of piperidine rings is 1. The van der Waals surface area contributed by atoms with Crippen molar-refractivity contribution in [1.82, 2.24) is 4.90 Å². The van der Waals surface area contributed by atoms with E-state index in [2.05, 4.69) is 10.2 Å². The van der Waals surface area contributed by atoms with Crippen LogP contribution in [0, 0.1) is 24.5 Å². The van der Waals surface area contributed by atoms with Gasteiger partial charge in [0.25, 0.3) is 0 Å². The Labute approximate surface area is 106 Å². The van der Waals surface area contributed by atoms with Gasteiger partial charge in [0.2, 0.25) is 0 Å². The molecule has 1 N–H and O–H groups in total. The summed E-state index contributed by atoms with van der Waals surface area (Å²) in [5, 5.41) is 3.11. The smallest absolute Gasteiger partial charge is 0.152 e. The second-order valence-electron chi connectivity index (χ2n) is 5.44. The topological polar surface area (TPSA) is 15.3 Å². The Balaban J connectivity index is 1.82. The fourth-order valence-electron chi connectivity index (χ4n) is 3.12. The predicted octanol–water partition coefficient (Wildman–Crippen LogP) is 2.78. The summed E-state index contributed by atoms with van der Waals surface area (Å²) in [5.74, 6) is -0.410. The van der Waals surface area contributed by atoms with E-state index >= 15 is 0 Å². The normalized spacial score (nSPS) is 30.5. The minimum absolute atomic E-state index is 0.0559. The highest BCUT2D eigenvalue weighted by Crippen LogP contribution is 2.31. The highest BCUT2D eigenvalue weighted by atomic mass is 19.1. The SMILES string of the molecule is Cc1ccc(F)c(NC2CCN3CCC2C3)c1F. The Bertz CT molecular complexity index is 461. The predicted molar refractivity (Wildman–Crippen MR) is 67.7 cm³/mol. The van der Waals surface area contributed by atoms with Crippen LogP contribution in [0.25, 0.3) is 0 Å². The molecule has 2 fully saturated rings. The molecule has 2 saturated heterocycles. The molecule has 2 aliphatic heterocycles. The van der Waals surface area contributed by atoms with Crippen LogP contribution in [-0.4, -0.2) is 30.6 Å². The van der Waals surface area contributed by atoms with Crippen molar-refractivity contribution in [3.05, 3.63) is 29.3 Å². The molecule has 2 heterocycles. The number of benzene rings is 1. The second-order valence-corrected chi connectivity index (χ2v) is 5.44. The lowest BCUT2D eigenvalue weighted by Gasteiger charge is -2.32. The third-order valence-corrected chi connectivity index (χ3v) is 4.25. The maximum atomic E-state index is 13.9. The van der Waals surface area contributed by atoms with E-state index in [0.717, 1.165) is 32.5 Å². The number of nitrogens with one attached hydrogen (secondary N) is 1. The van der Waals surface area contributed by atoms with Gasteiger partial charge in [-0.2, -0.15) is 0 Å². The Hall–Kier alpha value is -1.16. The zero-order chi connectivity index (χ0) is 12.7. The molecule has 4 heteroatoms. The van der Waals surface area contributed by atoms with Crippen LogP contribution in [0.3, 0.4) is 0 Å². The molecule has 2 nitrogen and oxygen atoms in total. The highest BCUT2D eigenvalue weighted by molar-refractivity contribution is 5.50. The lowest BCUT2D eigenvalue weighted by atomic mass is 9.94. The minimum Gasteiger partial charge on any atom is -0.377 e. The van der Waals surface area contributed by atoms with Crippen molar-refractivity contribution in [2.24, 2.45) is 5.92 Å². The summed E-state index contributed by atoms with van der Waals surface area (Å²) in [4.78, 5) is 2.42. The summed E-state index contributed by atoms with van der Waals surface area (Å²) >= 11 is 0. The van der Waals surface area contributed by atoms with Crippen molar-refractivity contribution in [1.29, 1.82) is 0 Å². The van der Waals surface area contributed by atoms with Gasteiger partial charge in [-0.25, -0.2) is 8.78 Å². The first-order chi connectivity index (χ1) is 8.65. The highest BCUT2D eigenvalue weighted by Gasteiger charge is 2.34. The molecule has 0 spiro atoms. The van der Waals surface area contributed by atoms with Gasteiger partial charge in [0.1, 0.15) is 11.5 Å². The third kappa shape index (κ3) is 1.99. The van der Waals surface area contributed by atoms with Crippen LogP contribution in [0.15, 0.2) is 12.1 Å². The van der Waals surface area contributed by atoms with Crippen LogP contribution in [0.5, 0.6) is 0 Å². The summed E-state index contributed by atoms with van der Waals surface area (Å²) in [6, 6.07) is 3.02. The van der Waals surface area contributed by atoms with E-state index in [1.54, 1.807) is 6.92 Å². The Kier molecular flexibility index (Phi) is 2.98. The van der Waals surface area contributed by atoms with Gasteiger partial charge in [-0.15, -0.1) is 0 Å². The molecule has 3 rings (SSSR count). The molecular weight excluding hydrogens is 234 g/mol. The van der Waals surface area contributed by atoms with Crippen LogP contribution in [0.1, 0.15) is 18.4 Å². The number of rotatable bonds is 2. The fraction of sp³-hybridized carbons (Fsp3) is 0.571. The molecule has 0 aliphatic carbocycles. The van der Waals surface area contributed by atoms with Crippen LogP contribution >= 0.6 is 0 Å². The minimum atomic E-state index is -0.487. The molecule has 0 aromatic heterocycles. The lowest BCUT2D eigenvalue weighted by molar-refractivity contribution is 0.254. The summed E-state index contributed by atoms with van der Waals surface area (Å²) < 4.78 is 27.7. The van der Waals surface area contributed by atoms with Crippen molar-refractivity contribution in [2.45, 2.75) is 25.8 Å². The molecule has 18 heavy (non-hydrogen) atoms. The van der Waals surface area contributed by atoms with Gasteiger partial charge >= 0.3 is 0 Å². The number of aryl methyl sites for hydroxylation is 1. The number of fused-ring (bicyclic) bond motifs is 2. The maximum absolute atomic E-state index is 13.9. The van der Waals surface area contributed by atoms with Crippen molar-refractivity contribution in [3.8, 4) is 0 Å². The van der Waals surface area contributed by atoms with Gasteiger partial charge in [-0.1, -0.05) is 6.07 Å². The molecule has 3 unspecified atom stereocenters. The number of hydrogen-bond donors (Lipinski definition) is 1. The molecule has 1 aromatic carbocycles. The molecule has 98 valence electrons. The van der Waals surface area contributed by atoms with Crippen molar-refractivity contribution < 1.29 is 8.78 Å². The Morgan fingerprint density at radius 2 is 2.00 bits per heavy atom. The molecule has 0 radical (unpaired) electrons. The van der Waals surface area contributed by atoms with E-state index in [9.17, 15) is 8.78 Å². The van der Waals surface area contributed by atoms with E-state index in [0.29, 0.717) is 11.5 Å². The van der Waals surface area contributed by atoms with Crippen molar-refractivity contribution in [3.63, 3.8) is 0 Å². The van der Waals surface area contributed by atoms with Gasteiger partial charge in [-0.05, 0) is 43.9 Å². The van der Waals surface area contributed by atoms with Crippen LogP contribution < -0.4 is 5.32 Å². The van der Waals surface area contributed by atoms with Crippen LogP contribution in [-0.2, 0) is 0 Å². The summed E-state index contributed by atoms with van der Waals surface area (Å²) in [6.07, 6.45) is 2.10. The second kappa shape index (κ2) is 4.50. The number of hydrogen-bond acceptors (Lipinski definition) is 2. The van der Waals surface area contributed by atoms with Gasteiger partial charge in [0.15, 0.2) is 5.82 Å².